The van der Waals surface area contributed by atoms with Crippen LogP contribution >= 0.6 is 11.6 Å². The van der Waals surface area contributed by atoms with Crippen molar-refractivity contribution >= 4 is 57.5 Å². The fourth-order valence-electron chi connectivity index (χ4n) is 18.6. The molecule has 4 N–H and O–H groups in total. The van der Waals surface area contributed by atoms with Crippen LogP contribution in [0.3, 0.4) is 0 Å². The number of aryl methyl sites for hydroxylation is 4. The Labute approximate surface area is 675 Å². The second-order valence-corrected chi connectivity index (χ2v) is 33.1. The summed E-state index contributed by atoms with van der Waals surface area (Å²) in [5.74, 6) is 7.13. The lowest BCUT2D eigenvalue weighted by atomic mass is 10.0. The van der Waals surface area contributed by atoms with E-state index >= 15 is 0 Å². The molecule has 7 atom stereocenters. The standard InChI is InChI=1S/C24H30N6O.C23H28N6O.C20H22ClN5O.C20H24N6O/c1-17-5-6-20-12-21(17)22-13-25-30-9-7-23(26-24(22)30)27(2)10-11-29-14-18-4-3-8-28(18)15-19(29)16-31-20;1-16-4-5-19-11-20(16)21-12-25-29-9-6-22(26-23(21)29)24-7-10-28-13-17-3-2-8-27(17)14-18(28)15-30-19;1-13-9-17(21)18-10-15(13)16-11-23-26-7-4-19(24-20(16)26)22-5-8-25-6-2-3-14(25)12-27-18;1-14-2-3-15-10-17(14)18-12-23-26-7-4-19(24-20(18)26)22-6-9-25-8-5-21-11-16(13-25)27-15/h5-7,9,12-13,18-19H,3-4,8,10-11,14-16H2,1-2H3;4-6,9,11-12,17-18H,2-3,7-8,10,13-15H2,1H3,(H,24,26);4,7,9-11,14H,2-3,5-6,8,12H2,1H3,(H,22,24);2-4,7,10,12,16,21H,5-6,8-9,11,13H2,1H3,(H,22,24)/t18-,19+;17-,18+;14-;16-/m1101/s1. The predicted octanol–water partition coefficient (Wildman–Crippen LogP) is 10.7. The quantitative estimate of drug-likeness (QED) is 0.111. The number of hydrogen-bond donors (Lipinski definition) is 4. The van der Waals surface area contributed by atoms with E-state index in [4.69, 9.17) is 50.5 Å². The zero-order valence-corrected chi connectivity index (χ0v) is 67.3. The predicted molar refractivity (Wildman–Crippen MR) is 451 cm³/mol. The second-order valence-electron chi connectivity index (χ2n) is 32.6. The van der Waals surface area contributed by atoms with Crippen LogP contribution in [0.4, 0.5) is 23.3 Å². The smallest absolute Gasteiger partial charge is 0.165 e. The van der Waals surface area contributed by atoms with Crippen molar-refractivity contribution in [2.75, 3.05) is 172 Å². The Bertz CT molecular complexity index is 5490. The summed E-state index contributed by atoms with van der Waals surface area (Å²) < 4.78 is 32.6. The Morgan fingerprint density at radius 3 is 1.37 bits per heavy atom. The maximum absolute atomic E-state index is 6.49. The molecule has 18 heterocycles. The van der Waals surface area contributed by atoms with Crippen LogP contribution in [-0.4, -0.2) is 275 Å². The van der Waals surface area contributed by atoms with Gasteiger partial charge in [-0.3, -0.25) is 29.4 Å². The van der Waals surface area contributed by atoms with E-state index in [2.05, 4.69) is 171 Å². The first kappa shape index (κ1) is 74.9. The molecule has 10 aliphatic rings. The molecule has 10 aliphatic heterocycles. The first-order valence-electron chi connectivity index (χ1n) is 41.5. The number of nitrogens with zero attached hydrogens (tertiary/aromatic N) is 19. The van der Waals surface area contributed by atoms with E-state index in [-0.39, 0.29) is 6.10 Å². The largest absolute Gasteiger partial charge is 0.492 e. The molecule has 0 aliphatic carbocycles. The minimum atomic E-state index is 0.133. The van der Waals surface area contributed by atoms with Gasteiger partial charge in [0.2, 0.25) is 0 Å². The molecular formula is C87H104ClN23O4. The Kier molecular flexibility index (Phi) is 21.4. The number of likely N-dealkylation sites (N-methyl/N-ethyl adjacent to an activating group) is 1. The fraction of sp³-hybridized carbons (Fsp3) is 0.448. The van der Waals surface area contributed by atoms with E-state index in [1.165, 1.54) is 61.9 Å². The summed E-state index contributed by atoms with van der Waals surface area (Å²) in [6.07, 6.45) is 23.3. The zero-order valence-electron chi connectivity index (χ0n) is 66.6. The van der Waals surface area contributed by atoms with Gasteiger partial charge in [-0.15, -0.1) is 0 Å². The minimum Gasteiger partial charge on any atom is -0.492 e. The number of hydrogen-bond acceptors (Lipinski definition) is 23. The van der Waals surface area contributed by atoms with Gasteiger partial charge < -0.3 is 45.1 Å². The molecule has 0 saturated carbocycles. The summed E-state index contributed by atoms with van der Waals surface area (Å²) >= 11 is 6.49. The van der Waals surface area contributed by atoms with Crippen molar-refractivity contribution in [1.82, 2.24) is 93.1 Å². The van der Waals surface area contributed by atoms with E-state index < -0.39 is 0 Å². The maximum Gasteiger partial charge on any atom is 0.165 e. The van der Waals surface area contributed by atoms with Gasteiger partial charge in [0.05, 0.1) is 41.9 Å². The van der Waals surface area contributed by atoms with Crippen LogP contribution in [-0.2, 0) is 0 Å². The number of ether oxygens (including phenoxy) is 4. The van der Waals surface area contributed by atoms with Gasteiger partial charge in [0.25, 0.3) is 0 Å². The van der Waals surface area contributed by atoms with Crippen molar-refractivity contribution < 1.29 is 18.9 Å². The van der Waals surface area contributed by atoms with Gasteiger partial charge in [0.15, 0.2) is 22.6 Å². The molecule has 18 bridgehead atoms. The fourth-order valence-corrected chi connectivity index (χ4v) is 18.9. The highest BCUT2D eigenvalue weighted by atomic mass is 35.5. The third-order valence-electron chi connectivity index (χ3n) is 25.2. The number of rotatable bonds is 0. The van der Waals surface area contributed by atoms with Crippen LogP contribution in [0.5, 0.6) is 23.0 Å². The third kappa shape index (κ3) is 15.9. The number of aromatic nitrogens is 12. The van der Waals surface area contributed by atoms with Crippen molar-refractivity contribution in [2.24, 2.45) is 0 Å². The molecule has 0 amide bonds. The molecule has 1 unspecified atom stereocenters. The summed E-state index contributed by atoms with van der Waals surface area (Å²) in [6, 6.07) is 33.7. The molecular weight excluding hydrogens is 1470 g/mol. The van der Waals surface area contributed by atoms with Crippen LogP contribution in [0.15, 0.2) is 141 Å². The van der Waals surface area contributed by atoms with E-state index in [0.717, 1.165) is 250 Å². The zero-order chi connectivity index (χ0) is 77.6. The third-order valence-corrected chi connectivity index (χ3v) is 25.5. The summed E-state index contributed by atoms with van der Waals surface area (Å²) in [6.45, 7) is 29.9. The number of nitrogens with one attached hydrogen (secondary N) is 4. The van der Waals surface area contributed by atoms with Gasteiger partial charge in [0.1, 0.15) is 72.2 Å². The summed E-state index contributed by atoms with van der Waals surface area (Å²) in [7, 11) is 2.14. The summed E-state index contributed by atoms with van der Waals surface area (Å²) in [4.78, 5) is 37.3. The summed E-state index contributed by atoms with van der Waals surface area (Å²) in [5, 5.41) is 32.6. The molecule has 115 heavy (non-hydrogen) atoms. The van der Waals surface area contributed by atoms with Crippen molar-refractivity contribution in [1.29, 1.82) is 0 Å². The molecule has 12 aromatic rings. The van der Waals surface area contributed by atoms with Crippen LogP contribution in [0.1, 0.15) is 60.8 Å². The van der Waals surface area contributed by atoms with Crippen molar-refractivity contribution in [2.45, 2.75) is 103 Å². The highest BCUT2D eigenvalue weighted by Gasteiger charge is 2.39. The van der Waals surface area contributed by atoms with Crippen LogP contribution < -0.4 is 45.1 Å². The molecule has 4 aromatic carbocycles. The van der Waals surface area contributed by atoms with Crippen LogP contribution in [0, 0.1) is 27.7 Å². The van der Waals surface area contributed by atoms with Crippen molar-refractivity contribution in [3.05, 3.63) is 168 Å². The summed E-state index contributed by atoms with van der Waals surface area (Å²) in [5.41, 5.74) is 16.6. The molecule has 22 rings (SSSR count). The average Bonchev–Trinajstić information content (AvgIpc) is 1.70. The molecule has 27 nitrogen and oxygen atoms in total. The number of benzene rings is 4. The Hall–Kier alpha value is -10.2. The SMILES string of the molecule is Cc1cc(Cl)c2cc1-c1cnn3ccc(nc13)NCCN1CCC[C@H]1CO2.Cc1ccc2cc1-c1cnn3ccc(nc13)N(C)CCN1C[C@H]3CCCN3C[C@H]1CO2.Cc1ccc2cc1-c1cnn3ccc(nc13)NCCN1CCNC[C@H](C1)O2.Cc1ccc2cc1-c1cnn3ccc(nc13)NCCN1C[C@H]3CCCN3C[C@H]1CO2. The number of halogens is 1. The lowest BCUT2D eigenvalue weighted by molar-refractivity contribution is 0.0293. The minimum absolute atomic E-state index is 0.133. The lowest BCUT2D eigenvalue weighted by Crippen LogP contribution is -2.59. The molecule has 6 fully saturated rings. The number of anilines is 4. The Morgan fingerprint density at radius 1 is 0.383 bits per heavy atom. The first-order valence-corrected chi connectivity index (χ1v) is 41.9. The Morgan fingerprint density at radius 2 is 0.817 bits per heavy atom. The second kappa shape index (κ2) is 32.8. The van der Waals surface area contributed by atoms with Crippen molar-refractivity contribution in [3.63, 3.8) is 0 Å². The molecule has 0 radical (unpaired) electrons. The van der Waals surface area contributed by atoms with Crippen LogP contribution in [0.25, 0.3) is 67.1 Å². The van der Waals surface area contributed by atoms with Gasteiger partial charge in [-0.1, -0.05) is 29.8 Å². The van der Waals surface area contributed by atoms with E-state index in [9.17, 15) is 0 Å². The molecule has 0 spiro atoms. The van der Waals surface area contributed by atoms with Gasteiger partial charge in [-0.05, 0) is 203 Å². The highest BCUT2D eigenvalue weighted by Crippen LogP contribution is 2.39. The molecule has 28 heteroatoms. The molecule has 8 aromatic heterocycles. The van der Waals surface area contributed by atoms with Gasteiger partial charge >= 0.3 is 0 Å². The van der Waals surface area contributed by atoms with Gasteiger partial charge in [0, 0.05) is 177 Å². The van der Waals surface area contributed by atoms with Gasteiger partial charge in [-0.25, -0.2) is 38.0 Å². The van der Waals surface area contributed by atoms with Gasteiger partial charge in [-0.2, -0.15) is 20.4 Å². The number of fused-ring (bicyclic) bond motifs is 23. The van der Waals surface area contributed by atoms with E-state index in [1.54, 1.807) is 4.52 Å². The Balaban J connectivity index is 0.000000103. The monoisotopic (exact) mass is 1570 g/mol. The average molecular weight is 1570 g/mol. The molecule has 6 saturated heterocycles. The van der Waals surface area contributed by atoms with E-state index in [1.807, 2.05) is 93.5 Å². The van der Waals surface area contributed by atoms with E-state index in [0.29, 0.717) is 41.8 Å². The normalized spacial score (nSPS) is 23.1. The molecule has 598 valence electrons. The highest BCUT2D eigenvalue weighted by molar-refractivity contribution is 6.32. The maximum atomic E-state index is 6.49. The lowest BCUT2D eigenvalue weighted by Gasteiger charge is -2.44. The topological polar surface area (TPSA) is 228 Å². The van der Waals surface area contributed by atoms with Crippen LogP contribution in [0.2, 0.25) is 5.02 Å². The first-order chi connectivity index (χ1) is 56.3. The number of piperazine rings is 2. The van der Waals surface area contributed by atoms with Crippen molar-refractivity contribution in [3.8, 4) is 67.5 Å².